The molecule has 0 saturated carbocycles. The van der Waals surface area contributed by atoms with Gasteiger partial charge in [-0.3, -0.25) is 0 Å². The first-order valence-corrected chi connectivity index (χ1v) is 7.95. The molecular weight excluding hydrogens is 322 g/mol. The number of carbonyl (C=O) groups excluding carboxylic acids is 2. The van der Waals surface area contributed by atoms with Crippen LogP contribution in [0.5, 0.6) is 0 Å². The van der Waals surface area contributed by atoms with Gasteiger partial charge in [0.15, 0.2) is 6.10 Å². The second-order valence-electron chi connectivity index (χ2n) is 6.70. The van der Waals surface area contributed by atoms with Crippen LogP contribution in [0.25, 0.3) is 10.8 Å². The Bertz CT molecular complexity index is 766. The minimum absolute atomic E-state index is 0.572. The van der Waals surface area contributed by atoms with E-state index in [1.807, 2.05) is 36.4 Å². The molecule has 2 aromatic carbocycles. The molecule has 0 heterocycles. The predicted octanol–water partition coefficient (Wildman–Crippen LogP) is 2.94. The standard InChI is InChI=1S/C19H23NO5/c1-19(2,3)25-18(23)20-15(16(21)17(22)24-4)14-10-9-12-7-5-6-8-13(12)11-14/h5-11,15-16,21H,1-4H3,(H,20,23)/t15?,16-/m0/s1. The molecule has 0 spiro atoms. The number of hydrogen-bond acceptors (Lipinski definition) is 5. The van der Waals surface area contributed by atoms with Crippen molar-refractivity contribution in [1.82, 2.24) is 5.32 Å². The summed E-state index contributed by atoms with van der Waals surface area (Å²) in [5.74, 6) is -0.839. The van der Waals surface area contributed by atoms with Crippen molar-refractivity contribution < 1.29 is 24.2 Å². The average molecular weight is 345 g/mol. The second-order valence-corrected chi connectivity index (χ2v) is 6.70. The highest BCUT2D eigenvalue weighted by Gasteiger charge is 2.31. The highest BCUT2D eigenvalue weighted by atomic mass is 16.6. The summed E-state index contributed by atoms with van der Waals surface area (Å²) in [4.78, 5) is 23.9. The Labute approximate surface area is 146 Å². The predicted molar refractivity (Wildman–Crippen MR) is 94.1 cm³/mol. The minimum atomic E-state index is -1.56. The summed E-state index contributed by atoms with van der Waals surface area (Å²) in [6.45, 7) is 5.19. The molecule has 0 fully saturated rings. The Balaban J connectivity index is 2.35. The highest BCUT2D eigenvalue weighted by Crippen LogP contribution is 2.24. The first-order chi connectivity index (χ1) is 11.7. The maximum absolute atomic E-state index is 12.1. The van der Waals surface area contributed by atoms with Crippen molar-refractivity contribution in [2.24, 2.45) is 0 Å². The van der Waals surface area contributed by atoms with Crippen molar-refractivity contribution >= 4 is 22.8 Å². The van der Waals surface area contributed by atoms with E-state index in [0.29, 0.717) is 5.56 Å². The molecule has 0 aromatic heterocycles. The number of ether oxygens (including phenoxy) is 2. The van der Waals surface area contributed by atoms with Gasteiger partial charge in [-0.25, -0.2) is 9.59 Å². The number of aliphatic hydroxyl groups is 1. The van der Waals surface area contributed by atoms with Gasteiger partial charge >= 0.3 is 12.1 Å². The second kappa shape index (κ2) is 7.53. The third-order valence-corrected chi connectivity index (χ3v) is 3.56. The number of hydrogen-bond donors (Lipinski definition) is 2. The van der Waals surface area contributed by atoms with Crippen LogP contribution >= 0.6 is 0 Å². The molecule has 2 N–H and O–H groups in total. The molecule has 0 radical (unpaired) electrons. The van der Waals surface area contributed by atoms with Gasteiger partial charge in [-0.1, -0.05) is 36.4 Å². The molecule has 1 unspecified atom stereocenters. The molecule has 0 aliphatic heterocycles. The molecule has 134 valence electrons. The van der Waals surface area contributed by atoms with E-state index in [9.17, 15) is 14.7 Å². The van der Waals surface area contributed by atoms with Gasteiger partial charge in [-0.2, -0.15) is 0 Å². The fourth-order valence-corrected chi connectivity index (χ4v) is 2.44. The van der Waals surface area contributed by atoms with Crippen molar-refractivity contribution in [3.8, 4) is 0 Å². The van der Waals surface area contributed by atoms with Crippen molar-refractivity contribution in [3.63, 3.8) is 0 Å². The molecule has 0 aliphatic carbocycles. The lowest BCUT2D eigenvalue weighted by atomic mass is 9.98. The first kappa shape index (κ1) is 18.7. The number of methoxy groups -OCH3 is 1. The number of fused-ring (bicyclic) bond motifs is 1. The van der Waals surface area contributed by atoms with Crippen molar-refractivity contribution in [2.45, 2.75) is 38.5 Å². The molecule has 6 heteroatoms. The molecule has 2 rings (SSSR count). The number of aliphatic hydroxyl groups excluding tert-OH is 1. The van der Waals surface area contributed by atoms with Crippen LogP contribution in [-0.2, 0) is 14.3 Å². The van der Waals surface area contributed by atoms with Gasteiger partial charge in [0.05, 0.1) is 13.2 Å². The van der Waals surface area contributed by atoms with Crippen LogP contribution in [0.1, 0.15) is 32.4 Å². The number of carbonyl (C=O) groups is 2. The highest BCUT2D eigenvalue weighted by molar-refractivity contribution is 5.84. The van der Waals surface area contributed by atoms with Crippen LogP contribution in [0.4, 0.5) is 4.79 Å². The maximum atomic E-state index is 12.1. The first-order valence-electron chi connectivity index (χ1n) is 7.95. The van der Waals surface area contributed by atoms with E-state index >= 15 is 0 Å². The number of alkyl carbamates (subject to hydrolysis) is 1. The summed E-state index contributed by atoms with van der Waals surface area (Å²) in [6, 6.07) is 12.1. The van der Waals surface area contributed by atoms with Gasteiger partial charge in [0.25, 0.3) is 0 Å². The van der Waals surface area contributed by atoms with Gasteiger partial charge < -0.3 is 19.9 Å². The van der Waals surface area contributed by atoms with Gasteiger partial charge in [-0.05, 0) is 43.2 Å². The molecule has 1 amide bonds. The number of amides is 1. The molecule has 2 aromatic rings. The quantitative estimate of drug-likeness (QED) is 0.832. The van der Waals surface area contributed by atoms with E-state index in [1.165, 1.54) is 7.11 Å². The van der Waals surface area contributed by atoms with Crippen LogP contribution in [0.15, 0.2) is 42.5 Å². The summed E-state index contributed by atoms with van der Waals surface area (Å²) in [5.41, 5.74) is -0.128. The van der Waals surface area contributed by atoms with E-state index in [-0.39, 0.29) is 0 Å². The zero-order valence-corrected chi connectivity index (χ0v) is 14.8. The summed E-state index contributed by atoms with van der Waals surface area (Å²) >= 11 is 0. The zero-order chi connectivity index (χ0) is 18.6. The van der Waals surface area contributed by atoms with Crippen LogP contribution in [0.2, 0.25) is 0 Å². The lowest BCUT2D eigenvalue weighted by molar-refractivity contribution is -0.152. The minimum Gasteiger partial charge on any atom is -0.467 e. The summed E-state index contributed by atoms with van der Waals surface area (Å²) < 4.78 is 9.83. The molecule has 0 bridgehead atoms. The zero-order valence-electron chi connectivity index (χ0n) is 14.8. The lowest BCUT2D eigenvalue weighted by Gasteiger charge is -2.26. The monoisotopic (exact) mass is 345 g/mol. The Kier molecular flexibility index (Phi) is 5.64. The fourth-order valence-electron chi connectivity index (χ4n) is 2.44. The molecule has 0 aliphatic rings. The number of nitrogens with one attached hydrogen (secondary N) is 1. The van der Waals surface area contributed by atoms with E-state index in [1.54, 1.807) is 26.8 Å². The third kappa shape index (κ3) is 4.93. The molecule has 6 nitrogen and oxygen atoms in total. The largest absolute Gasteiger partial charge is 0.467 e. The van der Waals surface area contributed by atoms with E-state index < -0.39 is 29.8 Å². The Morgan fingerprint density at radius 2 is 1.72 bits per heavy atom. The van der Waals surface area contributed by atoms with Gasteiger partial charge in [-0.15, -0.1) is 0 Å². The van der Waals surface area contributed by atoms with E-state index in [0.717, 1.165) is 10.8 Å². The van der Waals surface area contributed by atoms with E-state index in [2.05, 4.69) is 10.1 Å². The Morgan fingerprint density at radius 3 is 2.32 bits per heavy atom. The maximum Gasteiger partial charge on any atom is 0.408 e. The SMILES string of the molecule is COC(=O)[C@@H](O)C(NC(=O)OC(C)(C)C)c1ccc2ccccc2c1. The Hall–Kier alpha value is -2.60. The van der Waals surface area contributed by atoms with E-state index in [4.69, 9.17) is 4.74 Å². The number of rotatable bonds is 4. The smallest absolute Gasteiger partial charge is 0.408 e. The van der Waals surface area contributed by atoms with Crippen molar-refractivity contribution in [2.75, 3.05) is 7.11 Å². The number of esters is 1. The molecular formula is C19H23NO5. The van der Waals surface area contributed by atoms with Gasteiger partial charge in [0.2, 0.25) is 0 Å². The van der Waals surface area contributed by atoms with Crippen molar-refractivity contribution in [3.05, 3.63) is 48.0 Å². The van der Waals surface area contributed by atoms with Crippen LogP contribution in [0.3, 0.4) is 0 Å². The summed E-state index contributed by atoms with van der Waals surface area (Å²) in [6.07, 6.45) is -2.28. The van der Waals surface area contributed by atoms with Crippen LogP contribution in [-0.4, -0.2) is 36.0 Å². The molecule has 2 atom stereocenters. The van der Waals surface area contributed by atoms with Gasteiger partial charge in [0, 0.05) is 0 Å². The fraction of sp³-hybridized carbons (Fsp3) is 0.368. The normalized spacial score (nSPS) is 13.8. The summed E-state index contributed by atoms with van der Waals surface area (Å²) in [5, 5.41) is 14.8. The van der Waals surface area contributed by atoms with Crippen LogP contribution < -0.4 is 5.32 Å². The lowest BCUT2D eigenvalue weighted by Crippen LogP contribution is -2.43. The molecule has 0 saturated heterocycles. The molecule has 25 heavy (non-hydrogen) atoms. The van der Waals surface area contributed by atoms with Crippen molar-refractivity contribution in [1.29, 1.82) is 0 Å². The summed E-state index contributed by atoms with van der Waals surface area (Å²) in [7, 11) is 1.18. The average Bonchev–Trinajstić information content (AvgIpc) is 2.56. The topological polar surface area (TPSA) is 84.9 Å². The van der Waals surface area contributed by atoms with Gasteiger partial charge in [0.1, 0.15) is 5.60 Å². The Morgan fingerprint density at radius 1 is 1.08 bits per heavy atom. The van der Waals surface area contributed by atoms with Crippen LogP contribution in [0, 0.1) is 0 Å². The number of benzene rings is 2. The third-order valence-electron chi connectivity index (χ3n) is 3.56.